The zero-order valence-electron chi connectivity index (χ0n) is 14.7. The molecule has 3 N–H and O–H groups in total. The number of H-pyrrole nitrogens is 1. The van der Waals surface area contributed by atoms with Gasteiger partial charge in [-0.25, -0.2) is 4.98 Å². The lowest BCUT2D eigenvalue weighted by Crippen LogP contribution is -2.57. The standard InChI is InChI=1S/C19H26N4O2/c1-15-4-2-5-16(10-15)12-23-9-3-7-19(25,18(23)24)13-20-8-6-17-11-21-14-22-17/h2,4-5,10-11,14,20,25H,3,6-9,12-13H2,1H3,(H,21,22). The van der Waals surface area contributed by atoms with Crippen LogP contribution in [0.2, 0.25) is 0 Å². The van der Waals surface area contributed by atoms with Gasteiger partial charge in [-0.1, -0.05) is 29.8 Å². The fraction of sp³-hybridized carbons (Fsp3) is 0.474. The highest BCUT2D eigenvalue weighted by molar-refractivity contribution is 5.86. The van der Waals surface area contributed by atoms with Gasteiger partial charge >= 0.3 is 0 Å². The number of aryl methyl sites for hydroxylation is 1. The Morgan fingerprint density at radius 3 is 3.08 bits per heavy atom. The van der Waals surface area contributed by atoms with Crippen molar-refractivity contribution in [1.82, 2.24) is 20.2 Å². The van der Waals surface area contributed by atoms with Crippen LogP contribution >= 0.6 is 0 Å². The Bertz CT molecular complexity index is 701. The number of imidazole rings is 1. The lowest BCUT2D eigenvalue weighted by molar-refractivity contribution is -0.157. The first-order valence-electron chi connectivity index (χ1n) is 8.82. The van der Waals surface area contributed by atoms with Crippen molar-refractivity contribution in [2.45, 2.75) is 38.3 Å². The normalized spacial score (nSPS) is 20.9. The summed E-state index contributed by atoms with van der Waals surface area (Å²) >= 11 is 0. The van der Waals surface area contributed by atoms with Crippen LogP contribution in [-0.4, -0.2) is 51.1 Å². The summed E-state index contributed by atoms with van der Waals surface area (Å²) in [6.45, 7) is 4.27. The van der Waals surface area contributed by atoms with Crippen molar-refractivity contribution in [1.29, 1.82) is 0 Å². The van der Waals surface area contributed by atoms with Crippen molar-refractivity contribution >= 4 is 5.91 Å². The van der Waals surface area contributed by atoms with E-state index in [2.05, 4.69) is 21.4 Å². The van der Waals surface area contributed by atoms with Crippen LogP contribution in [0.3, 0.4) is 0 Å². The van der Waals surface area contributed by atoms with Crippen LogP contribution in [0.25, 0.3) is 0 Å². The molecule has 25 heavy (non-hydrogen) atoms. The van der Waals surface area contributed by atoms with E-state index in [1.165, 1.54) is 5.56 Å². The van der Waals surface area contributed by atoms with Gasteiger partial charge in [0.2, 0.25) is 0 Å². The summed E-state index contributed by atoms with van der Waals surface area (Å²) in [4.78, 5) is 21.6. The molecule has 3 rings (SSSR count). The van der Waals surface area contributed by atoms with Crippen molar-refractivity contribution in [3.63, 3.8) is 0 Å². The van der Waals surface area contributed by atoms with Gasteiger partial charge in [0, 0.05) is 44.5 Å². The molecule has 1 amide bonds. The Hall–Kier alpha value is -2.18. The van der Waals surface area contributed by atoms with Gasteiger partial charge < -0.3 is 20.3 Å². The third kappa shape index (κ3) is 4.46. The van der Waals surface area contributed by atoms with Gasteiger partial charge in [-0.15, -0.1) is 0 Å². The maximum absolute atomic E-state index is 12.8. The largest absolute Gasteiger partial charge is 0.379 e. The second kappa shape index (κ2) is 7.80. The molecule has 0 bridgehead atoms. The van der Waals surface area contributed by atoms with Gasteiger partial charge in [-0.3, -0.25) is 4.79 Å². The first kappa shape index (κ1) is 17.6. The van der Waals surface area contributed by atoms with E-state index in [0.29, 0.717) is 26.1 Å². The Morgan fingerprint density at radius 2 is 2.32 bits per heavy atom. The van der Waals surface area contributed by atoms with Crippen molar-refractivity contribution in [2.24, 2.45) is 0 Å². The van der Waals surface area contributed by atoms with Crippen LogP contribution in [0, 0.1) is 6.92 Å². The second-order valence-electron chi connectivity index (χ2n) is 6.85. The van der Waals surface area contributed by atoms with E-state index in [0.717, 1.165) is 24.1 Å². The highest BCUT2D eigenvalue weighted by Gasteiger charge is 2.41. The number of amides is 1. The Labute approximate surface area is 148 Å². The Morgan fingerprint density at radius 1 is 1.44 bits per heavy atom. The SMILES string of the molecule is Cc1cccc(CN2CCCC(O)(CNCCc3cnc[nH]3)C2=O)c1. The van der Waals surface area contributed by atoms with Crippen LogP contribution in [0.1, 0.15) is 29.7 Å². The molecule has 1 aromatic heterocycles. The predicted molar refractivity (Wildman–Crippen MR) is 95.9 cm³/mol. The number of carbonyl (C=O) groups is 1. The minimum absolute atomic E-state index is 0.172. The number of rotatable bonds is 7. The maximum atomic E-state index is 12.8. The third-order valence-corrected chi connectivity index (χ3v) is 4.70. The van der Waals surface area contributed by atoms with Crippen molar-refractivity contribution in [2.75, 3.05) is 19.6 Å². The fourth-order valence-corrected chi connectivity index (χ4v) is 3.35. The number of nitrogens with zero attached hydrogens (tertiary/aromatic N) is 2. The summed E-state index contributed by atoms with van der Waals surface area (Å²) in [5, 5.41) is 14.0. The molecule has 1 unspecified atom stereocenters. The molecular weight excluding hydrogens is 316 g/mol. The van der Waals surface area contributed by atoms with Crippen LogP contribution in [0.15, 0.2) is 36.8 Å². The van der Waals surface area contributed by atoms with Gasteiger partial charge in [0.15, 0.2) is 5.60 Å². The summed E-state index contributed by atoms with van der Waals surface area (Å²) in [5.41, 5.74) is 2.01. The highest BCUT2D eigenvalue weighted by atomic mass is 16.3. The molecule has 1 saturated heterocycles. The minimum Gasteiger partial charge on any atom is -0.379 e. The average Bonchev–Trinajstić information content (AvgIpc) is 3.10. The number of aromatic amines is 1. The van der Waals surface area contributed by atoms with Crippen LogP contribution in [0.5, 0.6) is 0 Å². The van der Waals surface area contributed by atoms with Crippen molar-refractivity contribution in [3.8, 4) is 0 Å². The van der Waals surface area contributed by atoms with Crippen molar-refractivity contribution < 1.29 is 9.90 Å². The molecule has 6 nitrogen and oxygen atoms in total. The number of piperidine rings is 1. The fourth-order valence-electron chi connectivity index (χ4n) is 3.35. The van der Waals surface area contributed by atoms with E-state index in [4.69, 9.17) is 0 Å². The molecule has 6 heteroatoms. The summed E-state index contributed by atoms with van der Waals surface area (Å²) < 4.78 is 0. The lowest BCUT2D eigenvalue weighted by atomic mass is 9.91. The van der Waals surface area contributed by atoms with Crippen LogP contribution < -0.4 is 5.32 Å². The molecule has 2 heterocycles. The smallest absolute Gasteiger partial charge is 0.256 e. The second-order valence-corrected chi connectivity index (χ2v) is 6.85. The Kier molecular flexibility index (Phi) is 5.50. The number of hydrogen-bond acceptors (Lipinski definition) is 4. The van der Waals surface area contributed by atoms with Gasteiger partial charge in [0.1, 0.15) is 0 Å². The first-order valence-corrected chi connectivity index (χ1v) is 8.82. The molecule has 1 aromatic carbocycles. The van der Waals surface area contributed by atoms with Crippen LogP contribution in [0.4, 0.5) is 0 Å². The zero-order chi connectivity index (χ0) is 17.7. The van der Waals surface area contributed by atoms with Gasteiger partial charge in [-0.2, -0.15) is 0 Å². The van der Waals surface area contributed by atoms with E-state index >= 15 is 0 Å². The molecule has 0 spiro atoms. The molecule has 1 aliphatic heterocycles. The topological polar surface area (TPSA) is 81.2 Å². The number of nitrogens with one attached hydrogen (secondary N) is 2. The van der Waals surface area contributed by atoms with Crippen molar-refractivity contribution in [3.05, 3.63) is 53.6 Å². The third-order valence-electron chi connectivity index (χ3n) is 4.70. The lowest BCUT2D eigenvalue weighted by Gasteiger charge is -2.38. The number of benzene rings is 1. The summed E-state index contributed by atoms with van der Waals surface area (Å²) in [7, 11) is 0. The quantitative estimate of drug-likeness (QED) is 0.665. The van der Waals surface area contributed by atoms with E-state index in [1.54, 1.807) is 17.4 Å². The first-order chi connectivity index (χ1) is 12.1. The molecule has 1 fully saturated rings. The Balaban J connectivity index is 1.54. The number of carbonyl (C=O) groups excluding carboxylic acids is 1. The van der Waals surface area contributed by atoms with Gasteiger partial charge in [-0.05, 0) is 25.3 Å². The molecular formula is C19H26N4O2. The molecule has 0 aliphatic carbocycles. The molecule has 0 radical (unpaired) electrons. The summed E-state index contributed by atoms with van der Waals surface area (Å²) in [5.74, 6) is -0.172. The summed E-state index contributed by atoms with van der Waals surface area (Å²) in [6.07, 6.45) is 5.54. The number of aliphatic hydroxyl groups is 1. The molecule has 0 saturated carbocycles. The molecule has 1 atom stereocenters. The molecule has 1 aliphatic rings. The monoisotopic (exact) mass is 342 g/mol. The number of aromatic nitrogens is 2. The highest BCUT2D eigenvalue weighted by Crippen LogP contribution is 2.24. The van der Waals surface area contributed by atoms with E-state index in [-0.39, 0.29) is 12.5 Å². The number of likely N-dealkylation sites (tertiary alicyclic amines) is 1. The van der Waals surface area contributed by atoms with Crippen LogP contribution in [-0.2, 0) is 17.8 Å². The average molecular weight is 342 g/mol. The van der Waals surface area contributed by atoms with E-state index < -0.39 is 5.60 Å². The van der Waals surface area contributed by atoms with E-state index in [1.807, 2.05) is 25.1 Å². The maximum Gasteiger partial charge on any atom is 0.256 e. The van der Waals surface area contributed by atoms with Gasteiger partial charge in [0.25, 0.3) is 5.91 Å². The molecule has 134 valence electrons. The number of hydrogen-bond donors (Lipinski definition) is 3. The summed E-state index contributed by atoms with van der Waals surface area (Å²) in [6, 6.07) is 8.16. The molecule has 2 aromatic rings. The van der Waals surface area contributed by atoms with Gasteiger partial charge in [0.05, 0.1) is 6.33 Å². The predicted octanol–water partition coefficient (Wildman–Crippen LogP) is 1.40. The van der Waals surface area contributed by atoms with E-state index in [9.17, 15) is 9.90 Å². The minimum atomic E-state index is -1.31. The zero-order valence-corrected chi connectivity index (χ0v) is 14.7.